The summed E-state index contributed by atoms with van der Waals surface area (Å²) in [7, 11) is 2.04. The zero-order chi connectivity index (χ0) is 14.5. The van der Waals surface area contributed by atoms with Crippen molar-refractivity contribution in [3.8, 4) is 0 Å². The summed E-state index contributed by atoms with van der Waals surface area (Å²) in [5, 5.41) is 5.02. The van der Waals surface area contributed by atoms with Gasteiger partial charge in [-0.2, -0.15) is 0 Å². The molecule has 20 heavy (non-hydrogen) atoms. The Balaban J connectivity index is 1.86. The first-order chi connectivity index (χ1) is 9.54. The van der Waals surface area contributed by atoms with Gasteiger partial charge in [-0.15, -0.1) is 11.3 Å². The number of aryl methyl sites for hydroxylation is 1. The molecule has 2 aromatic rings. The third-order valence-corrected chi connectivity index (χ3v) is 4.52. The van der Waals surface area contributed by atoms with Crippen molar-refractivity contribution in [2.75, 3.05) is 18.9 Å². The second kappa shape index (κ2) is 7.02. The molecule has 106 valence electrons. The Morgan fingerprint density at radius 2 is 2.20 bits per heavy atom. The van der Waals surface area contributed by atoms with Crippen LogP contribution in [0.1, 0.15) is 10.4 Å². The number of nitrogens with one attached hydrogen (secondary N) is 2. The van der Waals surface area contributed by atoms with Crippen molar-refractivity contribution in [1.29, 1.82) is 0 Å². The van der Waals surface area contributed by atoms with E-state index in [2.05, 4.69) is 39.6 Å². The molecular formula is C15H18BrN2OS+. The van der Waals surface area contributed by atoms with Gasteiger partial charge in [0.2, 0.25) is 0 Å². The highest BCUT2D eigenvalue weighted by Crippen LogP contribution is 2.15. The maximum atomic E-state index is 12.0. The molecule has 0 spiro atoms. The molecule has 1 aromatic carbocycles. The summed E-state index contributed by atoms with van der Waals surface area (Å²) in [6.45, 7) is 3.46. The summed E-state index contributed by atoms with van der Waals surface area (Å²) < 4.78 is 0.963. The van der Waals surface area contributed by atoms with Crippen molar-refractivity contribution < 1.29 is 9.69 Å². The largest absolute Gasteiger partial charge is 0.325 e. The molecule has 0 bridgehead atoms. The van der Waals surface area contributed by atoms with Crippen molar-refractivity contribution in [2.24, 2.45) is 0 Å². The van der Waals surface area contributed by atoms with Crippen LogP contribution in [-0.4, -0.2) is 19.5 Å². The van der Waals surface area contributed by atoms with Crippen LogP contribution in [-0.2, 0) is 11.3 Å². The van der Waals surface area contributed by atoms with Crippen LogP contribution in [0, 0.1) is 6.92 Å². The molecule has 0 radical (unpaired) electrons. The summed E-state index contributed by atoms with van der Waals surface area (Å²) in [6, 6.07) is 9.75. The number of benzene rings is 1. The Kier molecular flexibility index (Phi) is 5.34. The molecule has 1 atom stereocenters. The highest BCUT2D eigenvalue weighted by molar-refractivity contribution is 9.10. The first-order valence-electron chi connectivity index (χ1n) is 6.44. The molecule has 3 nitrogen and oxygen atoms in total. The summed E-state index contributed by atoms with van der Waals surface area (Å²) >= 11 is 5.15. The molecule has 0 fully saturated rings. The maximum Gasteiger partial charge on any atom is 0.279 e. The molecule has 0 aliphatic rings. The van der Waals surface area contributed by atoms with Crippen LogP contribution >= 0.6 is 27.3 Å². The van der Waals surface area contributed by atoms with Gasteiger partial charge in [-0.1, -0.05) is 22.0 Å². The lowest BCUT2D eigenvalue weighted by Gasteiger charge is -2.13. The van der Waals surface area contributed by atoms with Gasteiger partial charge in [-0.05, 0) is 42.1 Å². The van der Waals surface area contributed by atoms with Crippen LogP contribution in [0.3, 0.4) is 0 Å². The fraction of sp³-hybridized carbons (Fsp3) is 0.267. The van der Waals surface area contributed by atoms with Gasteiger partial charge < -0.3 is 10.2 Å². The minimum Gasteiger partial charge on any atom is -0.325 e. The molecule has 1 heterocycles. The van der Waals surface area contributed by atoms with Crippen molar-refractivity contribution in [2.45, 2.75) is 13.5 Å². The van der Waals surface area contributed by atoms with Gasteiger partial charge in [0.05, 0.1) is 11.9 Å². The van der Waals surface area contributed by atoms with Gasteiger partial charge in [-0.25, -0.2) is 0 Å². The number of likely N-dealkylation sites (N-methyl/N-ethyl adjacent to an activating group) is 1. The number of hydrogen-bond donors (Lipinski definition) is 2. The fourth-order valence-corrected chi connectivity index (χ4v) is 3.39. The summed E-state index contributed by atoms with van der Waals surface area (Å²) in [5.41, 5.74) is 2.13. The lowest BCUT2D eigenvalue weighted by Crippen LogP contribution is -3.08. The first-order valence-corrected chi connectivity index (χ1v) is 8.11. The van der Waals surface area contributed by atoms with Crippen LogP contribution < -0.4 is 10.2 Å². The van der Waals surface area contributed by atoms with Gasteiger partial charge in [0.25, 0.3) is 5.91 Å². The molecule has 1 aromatic heterocycles. The number of hydrogen-bond acceptors (Lipinski definition) is 2. The molecule has 2 rings (SSSR count). The van der Waals surface area contributed by atoms with E-state index in [0.717, 1.165) is 16.7 Å². The Labute approximate surface area is 131 Å². The molecule has 0 aliphatic carbocycles. The Morgan fingerprint density at radius 1 is 1.40 bits per heavy atom. The Morgan fingerprint density at radius 3 is 2.85 bits per heavy atom. The van der Waals surface area contributed by atoms with Crippen molar-refractivity contribution in [1.82, 2.24) is 0 Å². The second-order valence-electron chi connectivity index (χ2n) is 4.90. The average molecular weight is 354 g/mol. The number of quaternary nitrogens is 1. The first kappa shape index (κ1) is 15.2. The van der Waals surface area contributed by atoms with E-state index in [0.29, 0.717) is 6.54 Å². The SMILES string of the molecule is Cc1ccsc1C[NH+](C)CC(=O)Nc1cccc(Br)c1. The predicted molar refractivity (Wildman–Crippen MR) is 87.3 cm³/mol. The number of amides is 1. The lowest BCUT2D eigenvalue weighted by atomic mass is 10.3. The van der Waals surface area contributed by atoms with Gasteiger partial charge in [-0.3, -0.25) is 4.79 Å². The lowest BCUT2D eigenvalue weighted by molar-refractivity contribution is -0.884. The highest BCUT2D eigenvalue weighted by atomic mass is 79.9. The van der Waals surface area contributed by atoms with Crippen molar-refractivity contribution >= 4 is 38.9 Å². The van der Waals surface area contributed by atoms with Crippen LogP contribution in [0.15, 0.2) is 40.2 Å². The topological polar surface area (TPSA) is 33.5 Å². The van der Waals surface area contributed by atoms with E-state index in [1.807, 2.05) is 31.3 Å². The number of halogens is 1. The molecule has 2 N–H and O–H groups in total. The average Bonchev–Trinajstić information content (AvgIpc) is 2.74. The van der Waals surface area contributed by atoms with E-state index in [9.17, 15) is 4.79 Å². The zero-order valence-electron chi connectivity index (χ0n) is 11.6. The molecule has 1 amide bonds. The van der Waals surface area contributed by atoms with Crippen LogP contribution in [0.25, 0.3) is 0 Å². The minimum absolute atomic E-state index is 0.0369. The van der Waals surface area contributed by atoms with Crippen LogP contribution in [0.2, 0.25) is 0 Å². The van der Waals surface area contributed by atoms with Crippen molar-refractivity contribution in [3.05, 3.63) is 50.6 Å². The Hall–Kier alpha value is -1.17. The quantitative estimate of drug-likeness (QED) is 0.850. The second-order valence-corrected chi connectivity index (χ2v) is 6.81. The van der Waals surface area contributed by atoms with Gasteiger partial charge >= 0.3 is 0 Å². The highest BCUT2D eigenvalue weighted by Gasteiger charge is 2.12. The monoisotopic (exact) mass is 353 g/mol. The Bertz CT molecular complexity index is 597. The third kappa shape index (κ3) is 4.44. The van der Waals surface area contributed by atoms with E-state index >= 15 is 0 Å². The minimum atomic E-state index is 0.0369. The van der Waals surface area contributed by atoms with Gasteiger partial charge in [0.1, 0.15) is 6.54 Å². The van der Waals surface area contributed by atoms with Crippen molar-refractivity contribution in [3.63, 3.8) is 0 Å². The zero-order valence-corrected chi connectivity index (χ0v) is 14.0. The number of carbonyl (C=O) groups is 1. The van der Waals surface area contributed by atoms with Crippen LogP contribution in [0.5, 0.6) is 0 Å². The van der Waals surface area contributed by atoms with E-state index in [1.54, 1.807) is 11.3 Å². The predicted octanol–water partition coefficient (Wildman–Crippen LogP) is 2.47. The number of rotatable bonds is 5. The number of anilines is 1. The van der Waals surface area contributed by atoms with Gasteiger partial charge in [0.15, 0.2) is 6.54 Å². The molecule has 5 heteroatoms. The van der Waals surface area contributed by atoms with E-state index in [4.69, 9.17) is 0 Å². The molecule has 0 saturated heterocycles. The summed E-state index contributed by atoms with van der Waals surface area (Å²) in [5.74, 6) is 0.0369. The molecule has 0 saturated carbocycles. The van der Waals surface area contributed by atoms with Gasteiger partial charge in [0, 0.05) is 10.2 Å². The third-order valence-electron chi connectivity index (χ3n) is 3.00. The maximum absolute atomic E-state index is 12.0. The summed E-state index contributed by atoms with van der Waals surface area (Å²) in [6.07, 6.45) is 0. The molecule has 1 unspecified atom stereocenters. The van der Waals surface area contributed by atoms with E-state index < -0.39 is 0 Å². The standard InChI is InChI=1S/C15H17BrN2OS/c1-11-6-7-20-14(11)9-18(2)10-15(19)17-13-5-3-4-12(16)8-13/h3-8H,9-10H2,1-2H3,(H,17,19)/p+1. The number of thiophene rings is 1. The number of carbonyl (C=O) groups excluding carboxylic acids is 1. The fourth-order valence-electron chi connectivity index (χ4n) is 1.97. The van der Waals surface area contributed by atoms with E-state index in [1.165, 1.54) is 15.3 Å². The van der Waals surface area contributed by atoms with Crippen LogP contribution in [0.4, 0.5) is 5.69 Å². The summed E-state index contributed by atoms with van der Waals surface area (Å²) in [4.78, 5) is 14.5. The normalized spacial score (nSPS) is 12.2. The smallest absolute Gasteiger partial charge is 0.279 e. The molecule has 0 aliphatic heterocycles. The molecular weight excluding hydrogens is 336 g/mol. The van der Waals surface area contributed by atoms with E-state index in [-0.39, 0.29) is 5.91 Å².